The molecule has 0 radical (unpaired) electrons. The van der Waals surface area contributed by atoms with E-state index in [2.05, 4.69) is 261 Å². The summed E-state index contributed by atoms with van der Waals surface area (Å²) in [5, 5.41) is 12.0. The molecule has 8 bridgehead atoms. The Kier molecular flexibility index (Phi) is 7.95. The van der Waals surface area contributed by atoms with Gasteiger partial charge in [0.15, 0.2) is 0 Å². The van der Waals surface area contributed by atoms with E-state index in [-0.39, 0.29) is 0 Å². The van der Waals surface area contributed by atoms with E-state index in [1.54, 1.807) is 0 Å². The highest BCUT2D eigenvalue weighted by atomic mass is 15.0. The second kappa shape index (κ2) is 14.3. The Bertz CT molecular complexity index is 4330. The Morgan fingerprint density at radius 2 is 0.697 bits per heavy atom. The summed E-state index contributed by atoms with van der Waals surface area (Å²) in [6, 6.07) is 89.4. The van der Waals surface area contributed by atoms with Crippen molar-refractivity contribution in [2.45, 2.75) is 0 Å². The van der Waals surface area contributed by atoms with Gasteiger partial charge >= 0.3 is 0 Å². The van der Waals surface area contributed by atoms with Crippen molar-refractivity contribution in [2.75, 3.05) is 0 Å². The van der Waals surface area contributed by atoms with Gasteiger partial charge in [-0.25, -0.2) is 0 Å². The molecule has 14 aromatic rings. The fourth-order valence-electron chi connectivity index (χ4n) is 10.8. The van der Waals surface area contributed by atoms with Gasteiger partial charge in [-0.1, -0.05) is 133 Å². The summed E-state index contributed by atoms with van der Waals surface area (Å²) >= 11 is 0. The maximum absolute atomic E-state index is 2.47. The summed E-state index contributed by atoms with van der Waals surface area (Å²) in [6.45, 7) is 0. The number of fused-ring (bicyclic) bond motifs is 13. The highest BCUT2D eigenvalue weighted by Gasteiger charge is 2.18. The maximum atomic E-state index is 2.47. The predicted octanol–water partition coefficient (Wildman–Crippen LogP) is 16.4. The SMILES string of the molecule is c1ccc(-n2c3ccccc3c3cc(-n4c5cccc(c5)c5cccc(c5)n(-c5cccc6c7ccccc7n(-c7ccccc7)c56)c5ccc6ccc7ccc4cc7c6c5)ccc32)cc1. The predicted molar refractivity (Wildman–Crippen MR) is 279 cm³/mol. The molecule has 0 atom stereocenters. The largest absolute Gasteiger partial charge is 0.310 e. The van der Waals surface area contributed by atoms with E-state index in [9.17, 15) is 0 Å². The summed E-state index contributed by atoms with van der Waals surface area (Å²) in [7, 11) is 0. The zero-order chi connectivity index (χ0) is 43.3. The lowest BCUT2D eigenvalue weighted by Crippen LogP contribution is -2.02. The average Bonchev–Trinajstić information content (AvgIpc) is 3.90. The Morgan fingerprint density at radius 1 is 0.212 bits per heavy atom. The van der Waals surface area contributed by atoms with E-state index in [1.165, 1.54) is 65.2 Å². The van der Waals surface area contributed by atoms with Gasteiger partial charge in [-0.15, -0.1) is 0 Å². The minimum Gasteiger partial charge on any atom is -0.310 e. The Balaban J connectivity index is 1.11. The Morgan fingerprint density at radius 3 is 1.36 bits per heavy atom. The molecule has 4 heteroatoms. The van der Waals surface area contributed by atoms with Gasteiger partial charge < -0.3 is 18.3 Å². The van der Waals surface area contributed by atoms with Crippen molar-refractivity contribution in [1.82, 2.24) is 18.3 Å². The first-order chi connectivity index (χ1) is 32.7. The van der Waals surface area contributed by atoms with Crippen LogP contribution in [0.15, 0.2) is 243 Å². The normalized spacial score (nSPS) is 11.9. The molecular weight excluding hydrogens is 801 g/mol. The highest BCUT2D eigenvalue weighted by molar-refractivity contribution is 6.14. The third-order valence-electron chi connectivity index (χ3n) is 13.7. The molecule has 3 aromatic heterocycles. The van der Waals surface area contributed by atoms with Crippen LogP contribution in [0, 0.1) is 0 Å². The number of hydrogen-bond donors (Lipinski definition) is 0. The number of rotatable bonds is 4. The number of aromatic nitrogens is 4. The monoisotopic (exact) mass is 840 g/mol. The molecule has 66 heavy (non-hydrogen) atoms. The second-order valence-corrected chi connectivity index (χ2v) is 17.4. The molecule has 0 aliphatic heterocycles. The molecule has 0 N–H and O–H groups in total. The van der Waals surface area contributed by atoms with Crippen LogP contribution in [0.4, 0.5) is 0 Å². The summed E-state index contributed by atoms with van der Waals surface area (Å²) in [5.41, 5.74) is 13.6. The van der Waals surface area contributed by atoms with Gasteiger partial charge in [0.1, 0.15) is 0 Å². The molecule has 0 aliphatic carbocycles. The van der Waals surface area contributed by atoms with Crippen molar-refractivity contribution in [2.24, 2.45) is 0 Å². The van der Waals surface area contributed by atoms with Crippen molar-refractivity contribution < 1.29 is 0 Å². The van der Waals surface area contributed by atoms with E-state index >= 15 is 0 Å². The standard InChI is InChI=1S/C62H40N4/c1-3-16-45(17-4-1)65-58-25-9-8-23-53(58)57-40-50(34-35-60(57)65)63-47-20-11-14-43(36-47)44-15-12-21-48(37-44)64(51-33-31-42-29-28-41-30-32-49(63)38-55(41)56(42)39-51)61-27-13-24-54-52-22-7-10-26-59(52)66(62(54)61)46-18-5-2-6-19-46/h1-40H. The first-order valence-corrected chi connectivity index (χ1v) is 22.7. The van der Waals surface area contributed by atoms with Crippen LogP contribution in [0.1, 0.15) is 0 Å². The minimum absolute atomic E-state index is 1.09. The van der Waals surface area contributed by atoms with Crippen LogP contribution in [0.3, 0.4) is 0 Å². The van der Waals surface area contributed by atoms with Crippen LogP contribution in [0.2, 0.25) is 0 Å². The molecule has 3 heterocycles. The van der Waals surface area contributed by atoms with Gasteiger partial charge in [-0.2, -0.15) is 0 Å². The molecule has 308 valence electrons. The fourth-order valence-corrected chi connectivity index (χ4v) is 10.8. The Hall–Kier alpha value is -8.86. The molecule has 0 aliphatic rings. The number of benzene rings is 11. The summed E-state index contributed by atoms with van der Waals surface area (Å²) in [5.74, 6) is 0. The van der Waals surface area contributed by atoms with E-state index in [1.807, 2.05) is 0 Å². The summed E-state index contributed by atoms with van der Waals surface area (Å²) in [4.78, 5) is 0. The van der Waals surface area contributed by atoms with Crippen LogP contribution < -0.4 is 0 Å². The van der Waals surface area contributed by atoms with Crippen molar-refractivity contribution in [3.63, 3.8) is 0 Å². The van der Waals surface area contributed by atoms with Crippen molar-refractivity contribution >= 4 is 98.0 Å². The smallest absolute Gasteiger partial charge is 0.0782 e. The lowest BCUT2D eigenvalue weighted by molar-refractivity contribution is 1.12. The molecule has 14 rings (SSSR count). The maximum Gasteiger partial charge on any atom is 0.0782 e. The third kappa shape index (κ3) is 5.52. The second-order valence-electron chi connectivity index (χ2n) is 17.4. The molecule has 0 amide bonds. The van der Waals surface area contributed by atoms with Gasteiger partial charge in [0.05, 0.1) is 27.8 Å². The van der Waals surface area contributed by atoms with Crippen LogP contribution in [-0.2, 0) is 0 Å². The lowest BCUT2D eigenvalue weighted by Gasteiger charge is -2.17. The van der Waals surface area contributed by atoms with Gasteiger partial charge in [0, 0.05) is 60.7 Å². The van der Waals surface area contributed by atoms with Crippen LogP contribution in [0.25, 0.3) is 121 Å². The molecule has 11 aromatic carbocycles. The van der Waals surface area contributed by atoms with Gasteiger partial charge in [0.2, 0.25) is 0 Å². The zero-order valence-corrected chi connectivity index (χ0v) is 35.9. The highest BCUT2D eigenvalue weighted by Crippen LogP contribution is 2.39. The quantitative estimate of drug-likeness (QED) is 0.157. The third-order valence-corrected chi connectivity index (χ3v) is 13.7. The zero-order valence-electron chi connectivity index (χ0n) is 35.9. The summed E-state index contributed by atoms with van der Waals surface area (Å²) in [6.07, 6.45) is 0. The van der Waals surface area contributed by atoms with E-state index in [4.69, 9.17) is 0 Å². The summed E-state index contributed by atoms with van der Waals surface area (Å²) < 4.78 is 9.72. The Labute approximate surface area is 380 Å². The van der Waals surface area contributed by atoms with E-state index < -0.39 is 0 Å². The fraction of sp³-hybridized carbons (Fsp3) is 0. The molecule has 0 saturated heterocycles. The first kappa shape index (κ1) is 36.6. The van der Waals surface area contributed by atoms with E-state index in [0.717, 1.165) is 55.6 Å². The average molecular weight is 841 g/mol. The molecule has 4 nitrogen and oxygen atoms in total. The minimum atomic E-state index is 1.09. The van der Waals surface area contributed by atoms with Crippen molar-refractivity contribution in [1.29, 1.82) is 0 Å². The molecule has 0 saturated carbocycles. The molecular formula is C62H40N4. The van der Waals surface area contributed by atoms with Crippen LogP contribution in [-0.4, -0.2) is 18.3 Å². The molecule has 0 spiro atoms. The number of nitrogens with zero attached hydrogens (tertiary/aromatic N) is 4. The number of para-hydroxylation sites is 5. The van der Waals surface area contributed by atoms with Crippen LogP contribution >= 0.6 is 0 Å². The van der Waals surface area contributed by atoms with Gasteiger partial charge in [-0.3, -0.25) is 0 Å². The molecule has 0 fully saturated rings. The van der Waals surface area contributed by atoms with Gasteiger partial charge in [-0.05, 0) is 142 Å². The number of hydrogen-bond acceptors (Lipinski definition) is 0. The van der Waals surface area contributed by atoms with Crippen molar-refractivity contribution in [3.05, 3.63) is 243 Å². The first-order valence-electron chi connectivity index (χ1n) is 22.7. The van der Waals surface area contributed by atoms with Crippen molar-refractivity contribution in [3.8, 4) is 22.7 Å². The topological polar surface area (TPSA) is 19.7 Å². The lowest BCUT2D eigenvalue weighted by atomic mass is 10.0. The van der Waals surface area contributed by atoms with E-state index in [0.29, 0.717) is 0 Å². The molecule has 0 unspecified atom stereocenters. The van der Waals surface area contributed by atoms with Crippen LogP contribution in [0.5, 0.6) is 0 Å². The van der Waals surface area contributed by atoms with Gasteiger partial charge in [0.25, 0.3) is 0 Å².